The average Bonchev–Trinajstić information content (AvgIpc) is 3.09. The number of phosphoric ester groups is 1. The van der Waals surface area contributed by atoms with Crippen LogP contribution < -0.4 is 5.73 Å². The number of nitrogens with two attached hydrogens (primary N) is 1. The lowest BCUT2D eigenvalue weighted by molar-refractivity contribution is -0.0729. The predicted octanol–water partition coefficient (Wildman–Crippen LogP) is -0.0239. The lowest BCUT2D eigenvalue weighted by Crippen LogP contribution is -2.36. The van der Waals surface area contributed by atoms with E-state index in [1.165, 1.54) is 17.0 Å². The van der Waals surface area contributed by atoms with E-state index in [1.54, 1.807) is 6.92 Å². The van der Waals surface area contributed by atoms with E-state index in [2.05, 4.69) is 21.1 Å². The molecule has 11 nitrogen and oxygen atoms in total. The Kier molecular flexibility index (Phi) is 3.19. The van der Waals surface area contributed by atoms with Crippen molar-refractivity contribution in [1.29, 1.82) is 5.26 Å². The molecule has 0 spiro atoms. The summed E-state index contributed by atoms with van der Waals surface area (Å²) >= 11 is 0. The van der Waals surface area contributed by atoms with Crippen LogP contribution in [-0.2, 0) is 24.0 Å². The third kappa shape index (κ3) is 1.98. The summed E-state index contributed by atoms with van der Waals surface area (Å²) < 4.78 is 28.9. The second-order valence-corrected chi connectivity index (χ2v) is 7.06. The van der Waals surface area contributed by atoms with E-state index in [0.717, 1.165) is 0 Å². The van der Waals surface area contributed by atoms with Gasteiger partial charge in [0.15, 0.2) is 11.5 Å². The molecule has 0 radical (unpaired) electrons. The molecule has 0 saturated carbocycles. The summed E-state index contributed by atoms with van der Waals surface area (Å²) in [6.45, 7) is 1.54. The van der Waals surface area contributed by atoms with Crippen LogP contribution in [0.3, 0.4) is 0 Å². The second-order valence-electron chi connectivity index (χ2n) is 5.65. The third-order valence-electron chi connectivity index (χ3n) is 4.37. The lowest BCUT2D eigenvalue weighted by Gasteiger charge is -2.28. The molecule has 24 heavy (non-hydrogen) atoms. The van der Waals surface area contributed by atoms with E-state index >= 15 is 0 Å². The van der Waals surface area contributed by atoms with Crippen LogP contribution in [0, 0.1) is 17.2 Å². The van der Waals surface area contributed by atoms with Crippen molar-refractivity contribution in [3.8, 4) is 6.07 Å². The highest BCUT2D eigenvalue weighted by Gasteiger charge is 2.60. The molecule has 5 unspecified atom stereocenters. The van der Waals surface area contributed by atoms with Crippen LogP contribution in [0.25, 0.3) is 5.65 Å². The van der Waals surface area contributed by atoms with Crippen molar-refractivity contribution in [3.63, 3.8) is 0 Å². The largest absolute Gasteiger partial charge is 0.472 e. The number of imidazole rings is 1. The van der Waals surface area contributed by atoms with Gasteiger partial charge in [-0.25, -0.2) is 19.0 Å². The van der Waals surface area contributed by atoms with Gasteiger partial charge in [-0.2, -0.15) is 10.4 Å². The summed E-state index contributed by atoms with van der Waals surface area (Å²) in [5, 5.41) is 13.9. The van der Waals surface area contributed by atoms with Crippen LogP contribution in [0.15, 0.2) is 12.5 Å². The molecule has 0 bridgehead atoms. The number of anilines is 1. The van der Waals surface area contributed by atoms with Crippen molar-refractivity contribution in [1.82, 2.24) is 19.6 Å². The standard InChI is InChI=1S/C12H13N6O5P/c1-6-9-7(3-21-24(19,20)23-9)22-12(6,4-13)8-2-15-11-10(14)16-5-17-18(8)11/h2,5-7,9H,3H2,1H3,(H,19,20)(H2,14,16,17). The summed E-state index contributed by atoms with van der Waals surface area (Å²) in [6, 6.07) is 2.13. The van der Waals surface area contributed by atoms with E-state index < -0.39 is 31.5 Å². The van der Waals surface area contributed by atoms with Crippen molar-refractivity contribution >= 4 is 19.3 Å². The highest BCUT2D eigenvalue weighted by molar-refractivity contribution is 7.47. The fourth-order valence-corrected chi connectivity index (χ4v) is 4.20. The molecule has 3 N–H and O–H groups in total. The number of rotatable bonds is 1. The van der Waals surface area contributed by atoms with Gasteiger partial charge < -0.3 is 15.4 Å². The van der Waals surface area contributed by atoms with E-state index in [0.29, 0.717) is 5.69 Å². The highest BCUT2D eigenvalue weighted by Crippen LogP contribution is 2.56. The number of hydrogen-bond donors (Lipinski definition) is 2. The quantitative estimate of drug-likeness (QED) is 0.668. The molecule has 2 aromatic heterocycles. The van der Waals surface area contributed by atoms with Crippen LogP contribution in [0.4, 0.5) is 5.82 Å². The van der Waals surface area contributed by atoms with Gasteiger partial charge >= 0.3 is 7.82 Å². The molecule has 12 heteroatoms. The van der Waals surface area contributed by atoms with Crippen molar-refractivity contribution in [3.05, 3.63) is 18.2 Å². The average molecular weight is 352 g/mol. The Morgan fingerprint density at radius 1 is 1.58 bits per heavy atom. The van der Waals surface area contributed by atoms with Crippen LogP contribution in [0.2, 0.25) is 0 Å². The summed E-state index contributed by atoms with van der Waals surface area (Å²) in [7, 11) is -4.15. The van der Waals surface area contributed by atoms with Crippen LogP contribution in [0.5, 0.6) is 0 Å². The molecular weight excluding hydrogens is 339 g/mol. The first-order chi connectivity index (χ1) is 11.4. The fraction of sp³-hybridized carbons (Fsp3) is 0.500. The molecule has 2 aliphatic heterocycles. The van der Waals surface area contributed by atoms with E-state index in [-0.39, 0.29) is 18.1 Å². The van der Waals surface area contributed by atoms with Gasteiger partial charge in [0.25, 0.3) is 0 Å². The Labute approximate surface area is 135 Å². The highest BCUT2D eigenvalue weighted by atomic mass is 31.2. The van der Waals surface area contributed by atoms with Gasteiger partial charge in [-0.3, -0.25) is 9.05 Å². The molecule has 0 amide bonds. The van der Waals surface area contributed by atoms with Crippen LogP contribution in [0.1, 0.15) is 12.6 Å². The number of nitriles is 1. The zero-order valence-electron chi connectivity index (χ0n) is 12.4. The number of nitrogen functional groups attached to an aromatic ring is 1. The van der Waals surface area contributed by atoms with Gasteiger partial charge in [0.2, 0.25) is 5.60 Å². The topological polar surface area (TPSA) is 158 Å². The molecule has 0 aliphatic carbocycles. The smallest absolute Gasteiger partial charge is 0.381 e. The summed E-state index contributed by atoms with van der Waals surface area (Å²) in [5.41, 5.74) is 4.91. The molecule has 2 aromatic rings. The maximum Gasteiger partial charge on any atom is 0.472 e. The summed E-state index contributed by atoms with van der Waals surface area (Å²) in [5.74, 6) is -0.417. The van der Waals surface area contributed by atoms with Crippen molar-refractivity contribution in [2.45, 2.75) is 24.7 Å². The minimum atomic E-state index is -4.15. The van der Waals surface area contributed by atoms with E-state index in [1.807, 2.05) is 0 Å². The van der Waals surface area contributed by atoms with Gasteiger partial charge in [-0.1, -0.05) is 6.92 Å². The molecule has 0 aromatic carbocycles. The number of ether oxygens (including phenoxy) is 1. The van der Waals surface area contributed by atoms with Crippen molar-refractivity contribution in [2.75, 3.05) is 12.3 Å². The first-order valence-electron chi connectivity index (χ1n) is 7.07. The fourth-order valence-electron chi connectivity index (χ4n) is 3.17. The first kappa shape index (κ1) is 15.4. The normalized spacial score (nSPS) is 38.8. The minimum Gasteiger partial charge on any atom is -0.381 e. The first-order valence-corrected chi connectivity index (χ1v) is 8.57. The Morgan fingerprint density at radius 3 is 3.12 bits per heavy atom. The maximum absolute atomic E-state index is 11.7. The predicted molar refractivity (Wildman–Crippen MR) is 77.2 cm³/mol. The van der Waals surface area contributed by atoms with Gasteiger partial charge in [-0.15, -0.1) is 0 Å². The minimum absolute atomic E-state index is 0.153. The molecule has 5 atom stereocenters. The maximum atomic E-state index is 11.7. The van der Waals surface area contributed by atoms with E-state index in [9.17, 15) is 14.7 Å². The van der Waals surface area contributed by atoms with Gasteiger partial charge in [0.1, 0.15) is 30.3 Å². The van der Waals surface area contributed by atoms with Gasteiger partial charge in [0, 0.05) is 5.92 Å². The molecule has 126 valence electrons. The number of hydrogen-bond acceptors (Lipinski definition) is 9. The summed E-state index contributed by atoms with van der Waals surface area (Å²) in [6.07, 6.45) is 1.22. The molecule has 4 heterocycles. The van der Waals surface area contributed by atoms with Crippen molar-refractivity contribution in [2.24, 2.45) is 5.92 Å². The monoisotopic (exact) mass is 352 g/mol. The molecule has 2 aliphatic rings. The van der Waals surface area contributed by atoms with Crippen molar-refractivity contribution < 1.29 is 23.2 Å². The summed E-state index contributed by atoms with van der Waals surface area (Å²) in [4.78, 5) is 17.5. The lowest BCUT2D eigenvalue weighted by atomic mass is 9.85. The van der Waals surface area contributed by atoms with E-state index in [4.69, 9.17) is 19.5 Å². The number of fused-ring (bicyclic) bond motifs is 2. The number of nitrogens with zero attached hydrogens (tertiary/aromatic N) is 5. The Hall–Kier alpha value is -2.09. The van der Waals surface area contributed by atoms with Crippen LogP contribution in [-0.4, -0.2) is 43.3 Å². The van der Waals surface area contributed by atoms with Gasteiger partial charge in [0.05, 0.1) is 12.8 Å². The third-order valence-corrected chi connectivity index (χ3v) is 5.36. The molecule has 2 fully saturated rings. The molecule has 4 rings (SSSR count). The zero-order chi connectivity index (χ0) is 17.1. The molecule has 2 saturated heterocycles. The SMILES string of the molecule is CC1C2OP(=O)(O)OCC2OC1(C#N)c1cnc2c(N)ncnn12. The van der Waals surface area contributed by atoms with Crippen LogP contribution >= 0.6 is 7.82 Å². The second kappa shape index (κ2) is 4.95. The Morgan fingerprint density at radius 2 is 2.38 bits per heavy atom. The Balaban J connectivity index is 1.84. The Bertz CT molecular complexity index is 911. The molecular formula is C12H13N6O5P. The number of phosphoric acid groups is 1. The zero-order valence-corrected chi connectivity index (χ0v) is 13.3. The van der Waals surface area contributed by atoms with Gasteiger partial charge in [-0.05, 0) is 0 Å². The number of aromatic nitrogens is 4.